The first-order valence-corrected chi connectivity index (χ1v) is 4.33. The minimum absolute atomic E-state index is 0.0827. The van der Waals surface area contributed by atoms with E-state index in [0.29, 0.717) is 5.69 Å². The van der Waals surface area contributed by atoms with Crippen molar-refractivity contribution in [1.82, 2.24) is 0 Å². The predicted molar refractivity (Wildman–Crippen MR) is 53.5 cm³/mol. The Hall–Kier alpha value is -2.04. The molecule has 0 heterocycles. The lowest BCUT2D eigenvalue weighted by molar-refractivity contribution is -0.144. The molecule has 1 rings (SSSR count). The van der Waals surface area contributed by atoms with Crippen LogP contribution in [0.4, 0.5) is 5.69 Å². The Bertz CT molecular complexity index is 372. The summed E-state index contributed by atoms with van der Waals surface area (Å²) < 4.78 is 0. The fourth-order valence-electron chi connectivity index (χ4n) is 0.907. The van der Waals surface area contributed by atoms with E-state index in [2.05, 4.69) is 5.32 Å². The van der Waals surface area contributed by atoms with Crippen LogP contribution in [0, 0.1) is 5.92 Å². The molecule has 0 saturated heterocycles. The summed E-state index contributed by atoms with van der Waals surface area (Å²) in [6, 6.07) is 5.78. The molecule has 1 unspecified atom stereocenters. The molecule has 0 aliphatic heterocycles. The quantitative estimate of drug-likeness (QED) is 0.513. The lowest BCUT2D eigenvalue weighted by atomic mass is 10.1. The maximum atomic E-state index is 11.3. The number of carboxylic acids is 1. The number of carbonyl (C=O) groups excluding carboxylic acids is 1. The monoisotopic (exact) mass is 209 g/mol. The summed E-state index contributed by atoms with van der Waals surface area (Å²) >= 11 is 0. The molecular formula is C10H11NO4. The average Bonchev–Trinajstić information content (AvgIpc) is 2.20. The number of amides is 1. The van der Waals surface area contributed by atoms with E-state index in [9.17, 15) is 9.59 Å². The number of carbonyl (C=O) groups is 2. The van der Waals surface area contributed by atoms with Crippen LogP contribution < -0.4 is 5.32 Å². The fraction of sp³-hybridized carbons (Fsp3) is 0.200. The number of aromatic hydroxyl groups is 1. The second-order valence-electron chi connectivity index (χ2n) is 3.10. The molecule has 15 heavy (non-hydrogen) atoms. The van der Waals surface area contributed by atoms with Crippen molar-refractivity contribution >= 4 is 17.6 Å². The van der Waals surface area contributed by atoms with Gasteiger partial charge in [-0.1, -0.05) is 0 Å². The second kappa shape index (κ2) is 4.45. The number of anilines is 1. The number of hydrogen-bond donors (Lipinski definition) is 3. The number of carboxylic acid groups (broad SMARTS) is 1. The van der Waals surface area contributed by atoms with Gasteiger partial charge in [-0.05, 0) is 31.2 Å². The van der Waals surface area contributed by atoms with Crippen LogP contribution in [-0.4, -0.2) is 22.1 Å². The number of hydrogen-bond acceptors (Lipinski definition) is 3. The van der Waals surface area contributed by atoms with Gasteiger partial charge in [0.05, 0.1) is 0 Å². The summed E-state index contributed by atoms with van der Waals surface area (Å²) in [5.74, 6) is -2.78. The zero-order valence-electron chi connectivity index (χ0n) is 8.10. The Balaban J connectivity index is 2.66. The molecule has 0 aliphatic rings. The molecule has 5 nitrogen and oxygen atoms in total. The van der Waals surface area contributed by atoms with E-state index in [1.54, 1.807) is 0 Å². The van der Waals surface area contributed by atoms with Crippen LogP contribution in [0.25, 0.3) is 0 Å². The van der Waals surface area contributed by atoms with Gasteiger partial charge in [0.25, 0.3) is 0 Å². The van der Waals surface area contributed by atoms with Crippen molar-refractivity contribution in [3.05, 3.63) is 24.3 Å². The van der Waals surface area contributed by atoms with Crippen LogP contribution in [0.1, 0.15) is 6.92 Å². The minimum atomic E-state index is -1.17. The number of nitrogens with one attached hydrogen (secondary N) is 1. The van der Waals surface area contributed by atoms with Crippen LogP contribution in [0.2, 0.25) is 0 Å². The van der Waals surface area contributed by atoms with Crippen molar-refractivity contribution in [3.8, 4) is 5.75 Å². The smallest absolute Gasteiger partial charge is 0.315 e. The van der Waals surface area contributed by atoms with E-state index in [-0.39, 0.29) is 5.75 Å². The Labute approximate surface area is 86.4 Å². The molecule has 0 fully saturated rings. The molecule has 0 aromatic heterocycles. The first-order valence-electron chi connectivity index (χ1n) is 4.33. The van der Waals surface area contributed by atoms with E-state index in [0.717, 1.165) is 0 Å². The summed E-state index contributed by atoms with van der Waals surface area (Å²) in [6.07, 6.45) is 0. The molecule has 80 valence electrons. The van der Waals surface area contributed by atoms with Gasteiger partial charge >= 0.3 is 5.97 Å². The Kier molecular flexibility index (Phi) is 3.28. The zero-order chi connectivity index (χ0) is 11.4. The van der Waals surface area contributed by atoms with Gasteiger partial charge in [-0.2, -0.15) is 0 Å². The lowest BCUT2D eigenvalue weighted by Gasteiger charge is -2.07. The van der Waals surface area contributed by atoms with E-state index >= 15 is 0 Å². The topological polar surface area (TPSA) is 86.6 Å². The summed E-state index contributed by atoms with van der Waals surface area (Å²) in [5.41, 5.74) is 0.450. The first kappa shape index (κ1) is 11.0. The van der Waals surface area contributed by atoms with Crippen LogP contribution >= 0.6 is 0 Å². The number of phenols is 1. The van der Waals surface area contributed by atoms with E-state index in [4.69, 9.17) is 10.2 Å². The summed E-state index contributed by atoms with van der Waals surface area (Å²) in [5, 5.41) is 20.0. The van der Waals surface area contributed by atoms with Gasteiger partial charge in [0.15, 0.2) is 0 Å². The predicted octanol–water partition coefficient (Wildman–Crippen LogP) is 1.05. The highest BCUT2D eigenvalue weighted by atomic mass is 16.4. The molecule has 3 N–H and O–H groups in total. The van der Waals surface area contributed by atoms with Crippen molar-refractivity contribution in [1.29, 1.82) is 0 Å². The molecule has 0 spiro atoms. The molecular weight excluding hydrogens is 198 g/mol. The maximum Gasteiger partial charge on any atom is 0.315 e. The molecule has 5 heteroatoms. The van der Waals surface area contributed by atoms with Gasteiger partial charge in [0.2, 0.25) is 5.91 Å². The highest BCUT2D eigenvalue weighted by Gasteiger charge is 2.20. The largest absolute Gasteiger partial charge is 0.508 e. The fourth-order valence-corrected chi connectivity index (χ4v) is 0.907. The van der Waals surface area contributed by atoms with Crippen LogP contribution in [0.15, 0.2) is 24.3 Å². The SMILES string of the molecule is CC(C(=O)O)C(=O)Nc1ccc(O)cc1. The number of phenolic OH excluding ortho intramolecular Hbond substituents is 1. The molecule has 1 amide bonds. The minimum Gasteiger partial charge on any atom is -0.508 e. The van der Waals surface area contributed by atoms with Crippen LogP contribution in [0.3, 0.4) is 0 Å². The van der Waals surface area contributed by atoms with Gasteiger partial charge in [0.1, 0.15) is 11.7 Å². The zero-order valence-corrected chi connectivity index (χ0v) is 8.10. The lowest BCUT2D eigenvalue weighted by Crippen LogP contribution is -2.26. The summed E-state index contributed by atoms with van der Waals surface area (Å²) in [6.45, 7) is 1.30. The van der Waals surface area contributed by atoms with Gasteiger partial charge in [-0.25, -0.2) is 0 Å². The van der Waals surface area contributed by atoms with Gasteiger partial charge in [0, 0.05) is 5.69 Å². The molecule has 1 aromatic carbocycles. The molecule has 1 aromatic rings. The maximum absolute atomic E-state index is 11.3. The molecule has 0 radical (unpaired) electrons. The third-order valence-corrected chi connectivity index (χ3v) is 1.90. The van der Waals surface area contributed by atoms with Crippen molar-refractivity contribution < 1.29 is 19.8 Å². The van der Waals surface area contributed by atoms with E-state index < -0.39 is 17.8 Å². The Morgan fingerprint density at radius 1 is 1.27 bits per heavy atom. The van der Waals surface area contributed by atoms with Crippen molar-refractivity contribution in [2.75, 3.05) is 5.32 Å². The molecule has 0 bridgehead atoms. The second-order valence-corrected chi connectivity index (χ2v) is 3.10. The van der Waals surface area contributed by atoms with Gasteiger partial charge in [-0.15, -0.1) is 0 Å². The van der Waals surface area contributed by atoms with E-state index in [1.807, 2.05) is 0 Å². The number of benzene rings is 1. The third-order valence-electron chi connectivity index (χ3n) is 1.90. The Morgan fingerprint density at radius 2 is 1.80 bits per heavy atom. The number of rotatable bonds is 3. The summed E-state index contributed by atoms with van der Waals surface area (Å²) in [7, 11) is 0. The van der Waals surface area contributed by atoms with Crippen molar-refractivity contribution in [2.24, 2.45) is 5.92 Å². The highest BCUT2D eigenvalue weighted by Crippen LogP contribution is 2.14. The Morgan fingerprint density at radius 3 is 2.27 bits per heavy atom. The number of aliphatic carboxylic acids is 1. The molecule has 1 atom stereocenters. The average molecular weight is 209 g/mol. The standard InChI is InChI=1S/C10H11NO4/c1-6(10(14)15)9(13)11-7-2-4-8(12)5-3-7/h2-6,12H,1H3,(H,11,13)(H,14,15). The molecule has 0 aliphatic carbocycles. The first-order chi connectivity index (χ1) is 7.00. The summed E-state index contributed by atoms with van der Waals surface area (Å²) in [4.78, 5) is 21.8. The van der Waals surface area contributed by atoms with E-state index in [1.165, 1.54) is 31.2 Å². The van der Waals surface area contributed by atoms with Gasteiger partial charge in [-0.3, -0.25) is 9.59 Å². The van der Waals surface area contributed by atoms with Gasteiger partial charge < -0.3 is 15.5 Å². The third kappa shape index (κ3) is 2.98. The van der Waals surface area contributed by atoms with Crippen LogP contribution in [0.5, 0.6) is 5.75 Å². The highest BCUT2D eigenvalue weighted by molar-refractivity contribution is 6.03. The van der Waals surface area contributed by atoms with Crippen LogP contribution in [-0.2, 0) is 9.59 Å². The van der Waals surface area contributed by atoms with Crippen molar-refractivity contribution in [2.45, 2.75) is 6.92 Å². The molecule has 0 saturated carbocycles. The normalized spacial score (nSPS) is 11.8. The van der Waals surface area contributed by atoms with Crippen molar-refractivity contribution in [3.63, 3.8) is 0 Å².